The van der Waals surface area contributed by atoms with Crippen molar-refractivity contribution >= 4 is 23.2 Å². The van der Waals surface area contributed by atoms with Crippen molar-refractivity contribution in [1.29, 1.82) is 0 Å². The third-order valence-electron chi connectivity index (χ3n) is 8.65. The summed E-state index contributed by atoms with van der Waals surface area (Å²) >= 11 is 1.44. The van der Waals surface area contributed by atoms with E-state index in [9.17, 15) is 33.0 Å². The highest BCUT2D eigenvalue weighted by molar-refractivity contribution is 7.10. The number of aryl methyl sites for hydroxylation is 1. The number of para-hydroxylation sites is 1. The molecule has 0 unspecified atom stereocenters. The van der Waals surface area contributed by atoms with Gasteiger partial charge in [0.15, 0.2) is 0 Å². The lowest BCUT2D eigenvalue weighted by molar-refractivity contribution is -0.163. The third-order valence-corrected chi connectivity index (χ3v) is 9.49. The van der Waals surface area contributed by atoms with E-state index in [1.807, 2.05) is 13.8 Å². The number of pyridine rings is 1. The lowest BCUT2D eigenvalue weighted by Crippen LogP contribution is -2.68. The van der Waals surface area contributed by atoms with Gasteiger partial charge >= 0.3 is 6.18 Å². The number of ether oxygens (including phenoxy) is 1. The summed E-state index contributed by atoms with van der Waals surface area (Å²) in [6.45, 7) is 4.24. The monoisotopic (exact) mass is 631 g/mol. The summed E-state index contributed by atoms with van der Waals surface area (Å²) in [5.74, 6) is -0.855. The number of aromatic hydroxyl groups is 1. The molecular weight excluding hydrogens is 595 g/mol. The van der Waals surface area contributed by atoms with Gasteiger partial charge in [-0.25, -0.2) is 0 Å². The van der Waals surface area contributed by atoms with Crippen molar-refractivity contribution in [2.45, 2.75) is 75.8 Å². The van der Waals surface area contributed by atoms with Crippen LogP contribution in [0.25, 0.3) is 0 Å². The summed E-state index contributed by atoms with van der Waals surface area (Å²) in [6.07, 6.45) is -1.88. The molecule has 44 heavy (non-hydrogen) atoms. The summed E-state index contributed by atoms with van der Waals surface area (Å²) in [6, 6.07) is 9.46. The molecule has 0 radical (unpaired) electrons. The standard InChI is InChI=1S/C32H36F3N3O5S/c1-3-8-26-31(43-22-19-21(2)44-20-22,12-7-16-38(26)28(40)27-24(32(33,34)35)10-6-15-36-27)29(41)37-17-13-30(42,14-18-37)23-9-4-5-11-25(23)39/h4-6,9-11,15,19-20,26,39,42H,3,7-8,12-14,16-18H2,1-2H3/t26-,31+/m1/s1. The molecule has 2 saturated heterocycles. The van der Waals surface area contributed by atoms with Gasteiger partial charge in [-0.2, -0.15) is 13.2 Å². The lowest BCUT2D eigenvalue weighted by atomic mass is 9.78. The Morgan fingerprint density at radius 1 is 1.11 bits per heavy atom. The highest BCUT2D eigenvalue weighted by Gasteiger charge is 2.56. The fourth-order valence-electron chi connectivity index (χ4n) is 6.51. The smallest absolute Gasteiger partial charge is 0.418 e. The normalized spacial score (nSPS) is 22.1. The molecule has 4 heterocycles. The van der Waals surface area contributed by atoms with Crippen LogP contribution in [-0.4, -0.2) is 68.1 Å². The predicted octanol–water partition coefficient (Wildman–Crippen LogP) is 5.91. The Bertz CT molecular complexity index is 1500. The molecule has 0 saturated carbocycles. The first kappa shape index (κ1) is 31.8. The number of rotatable bonds is 7. The second-order valence-electron chi connectivity index (χ2n) is 11.5. The van der Waals surface area contributed by atoms with Crippen molar-refractivity contribution in [3.8, 4) is 11.5 Å². The number of amides is 2. The van der Waals surface area contributed by atoms with Crippen molar-refractivity contribution in [3.63, 3.8) is 0 Å². The zero-order valence-corrected chi connectivity index (χ0v) is 25.5. The number of piperidine rings is 2. The van der Waals surface area contributed by atoms with Crippen LogP contribution in [0, 0.1) is 6.92 Å². The number of carbonyl (C=O) groups excluding carboxylic acids is 2. The first-order valence-corrected chi connectivity index (χ1v) is 15.6. The summed E-state index contributed by atoms with van der Waals surface area (Å²) in [4.78, 5) is 36.3. The Labute approximate surface area is 258 Å². The maximum absolute atomic E-state index is 14.7. The third kappa shape index (κ3) is 6.01. The summed E-state index contributed by atoms with van der Waals surface area (Å²) in [7, 11) is 0. The number of phenols is 1. The minimum Gasteiger partial charge on any atom is -0.508 e. The molecule has 0 aliphatic carbocycles. The maximum atomic E-state index is 14.7. The zero-order valence-electron chi connectivity index (χ0n) is 24.6. The van der Waals surface area contributed by atoms with Gasteiger partial charge in [-0.1, -0.05) is 31.5 Å². The Morgan fingerprint density at radius 2 is 1.84 bits per heavy atom. The van der Waals surface area contributed by atoms with Crippen LogP contribution in [0.5, 0.6) is 11.5 Å². The van der Waals surface area contributed by atoms with Crippen LogP contribution < -0.4 is 4.74 Å². The molecule has 0 spiro atoms. The zero-order chi connectivity index (χ0) is 31.7. The van der Waals surface area contributed by atoms with Crippen LogP contribution >= 0.6 is 11.3 Å². The molecule has 2 N–H and O–H groups in total. The second kappa shape index (κ2) is 12.4. The van der Waals surface area contributed by atoms with Crippen molar-refractivity contribution in [2.75, 3.05) is 19.6 Å². The molecule has 2 aromatic heterocycles. The SMILES string of the molecule is CCC[C@H]1N(C(=O)c2ncccc2C(F)(F)F)CCC[C@@]1(Oc1csc(C)c1)C(=O)N1CCC(O)(c2ccccc2O)CC1. The number of halogens is 3. The van der Waals surface area contributed by atoms with Crippen molar-refractivity contribution in [1.82, 2.24) is 14.8 Å². The van der Waals surface area contributed by atoms with Crippen molar-refractivity contribution in [2.24, 2.45) is 0 Å². The number of aliphatic hydroxyl groups is 1. The van der Waals surface area contributed by atoms with E-state index in [4.69, 9.17) is 4.74 Å². The summed E-state index contributed by atoms with van der Waals surface area (Å²) in [5.41, 5.74) is -4.36. The largest absolute Gasteiger partial charge is 0.508 e. The number of phenolic OH excluding ortho intramolecular Hbond substituents is 1. The Balaban J connectivity index is 1.51. The molecule has 8 nitrogen and oxygen atoms in total. The van der Waals surface area contributed by atoms with Gasteiger partial charge in [0.25, 0.3) is 11.8 Å². The quantitative estimate of drug-likeness (QED) is 0.336. The Kier molecular flexibility index (Phi) is 8.95. The predicted molar refractivity (Wildman–Crippen MR) is 158 cm³/mol. The summed E-state index contributed by atoms with van der Waals surface area (Å²) in [5, 5.41) is 23.6. The van der Waals surface area contributed by atoms with E-state index in [0.29, 0.717) is 30.6 Å². The Hall–Kier alpha value is -3.64. The number of benzene rings is 1. The highest BCUT2D eigenvalue weighted by Crippen LogP contribution is 2.42. The molecule has 0 bridgehead atoms. The van der Waals surface area contributed by atoms with Gasteiger partial charge < -0.3 is 24.7 Å². The number of likely N-dealkylation sites (tertiary alicyclic amines) is 2. The topological polar surface area (TPSA) is 103 Å². The number of hydrogen-bond donors (Lipinski definition) is 2. The van der Waals surface area contributed by atoms with Gasteiger partial charge in [-0.15, -0.1) is 11.3 Å². The molecular formula is C32H36F3N3O5S. The number of alkyl halides is 3. The van der Waals surface area contributed by atoms with E-state index in [1.54, 1.807) is 34.5 Å². The number of thiophene rings is 1. The van der Waals surface area contributed by atoms with Gasteiger partial charge in [0, 0.05) is 48.1 Å². The lowest BCUT2D eigenvalue weighted by Gasteiger charge is -2.51. The van der Waals surface area contributed by atoms with Crippen LogP contribution in [0.2, 0.25) is 0 Å². The number of carbonyl (C=O) groups is 2. The fraction of sp³-hybridized carbons (Fsp3) is 0.469. The Morgan fingerprint density at radius 3 is 2.48 bits per heavy atom. The van der Waals surface area contributed by atoms with Gasteiger partial charge in [-0.05, 0) is 56.9 Å². The van der Waals surface area contributed by atoms with E-state index in [-0.39, 0.29) is 50.6 Å². The molecule has 3 aromatic rings. The van der Waals surface area contributed by atoms with Crippen LogP contribution in [0.15, 0.2) is 54.0 Å². The number of hydrogen-bond acceptors (Lipinski definition) is 7. The van der Waals surface area contributed by atoms with Crippen LogP contribution in [0.4, 0.5) is 13.2 Å². The molecule has 236 valence electrons. The average Bonchev–Trinajstić information content (AvgIpc) is 3.41. The molecule has 12 heteroatoms. The molecule has 1 aromatic carbocycles. The maximum Gasteiger partial charge on any atom is 0.418 e. The van der Waals surface area contributed by atoms with Crippen molar-refractivity contribution < 1.29 is 37.7 Å². The van der Waals surface area contributed by atoms with Gasteiger partial charge in [0.1, 0.15) is 17.2 Å². The first-order valence-electron chi connectivity index (χ1n) is 14.8. The van der Waals surface area contributed by atoms with Crippen LogP contribution in [0.1, 0.15) is 71.9 Å². The molecule has 2 aliphatic heterocycles. The van der Waals surface area contributed by atoms with Crippen LogP contribution in [0.3, 0.4) is 0 Å². The minimum absolute atomic E-state index is 0.0281. The molecule has 2 aliphatic rings. The molecule has 2 fully saturated rings. The number of aromatic nitrogens is 1. The molecule has 5 rings (SSSR count). The second-order valence-corrected chi connectivity index (χ2v) is 12.6. The number of nitrogens with zero attached hydrogens (tertiary/aromatic N) is 3. The van der Waals surface area contributed by atoms with E-state index in [2.05, 4.69) is 4.98 Å². The van der Waals surface area contributed by atoms with Crippen LogP contribution in [-0.2, 0) is 16.6 Å². The van der Waals surface area contributed by atoms with Gasteiger partial charge in [0.2, 0.25) is 5.60 Å². The average molecular weight is 632 g/mol. The van der Waals surface area contributed by atoms with E-state index in [1.165, 1.54) is 22.3 Å². The minimum atomic E-state index is -4.79. The van der Waals surface area contributed by atoms with Gasteiger partial charge in [0.05, 0.1) is 17.2 Å². The van der Waals surface area contributed by atoms with E-state index < -0.39 is 40.6 Å². The molecule has 2 atom stereocenters. The van der Waals surface area contributed by atoms with E-state index >= 15 is 0 Å². The fourth-order valence-corrected chi connectivity index (χ4v) is 7.11. The first-order chi connectivity index (χ1) is 20.9. The van der Waals surface area contributed by atoms with Crippen molar-refractivity contribution in [3.05, 3.63) is 75.7 Å². The molecule has 2 amide bonds. The highest BCUT2D eigenvalue weighted by atomic mass is 32.1. The van der Waals surface area contributed by atoms with Gasteiger partial charge in [-0.3, -0.25) is 14.6 Å². The summed E-state index contributed by atoms with van der Waals surface area (Å²) < 4.78 is 48.3. The van der Waals surface area contributed by atoms with E-state index in [0.717, 1.165) is 23.2 Å².